The summed E-state index contributed by atoms with van der Waals surface area (Å²) in [6, 6.07) is 13.4. The lowest BCUT2D eigenvalue weighted by Gasteiger charge is -2.29. The van der Waals surface area contributed by atoms with E-state index in [0.717, 1.165) is 42.5 Å². The van der Waals surface area contributed by atoms with E-state index in [0.29, 0.717) is 22.9 Å². The molecule has 1 aliphatic heterocycles. The normalized spacial score (nSPS) is 21.2. The molecule has 7 heteroatoms. The largest absolute Gasteiger partial charge is 0.482 e. The third kappa shape index (κ3) is 3.40. The lowest BCUT2D eigenvalue weighted by molar-refractivity contribution is -0.120. The van der Waals surface area contributed by atoms with Gasteiger partial charge in [0.1, 0.15) is 11.6 Å². The van der Waals surface area contributed by atoms with Gasteiger partial charge in [-0.3, -0.25) is 9.59 Å². The average molecular weight is 404 g/mol. The molecule has 0 spiro atoms. The highest BCUT2D eigenvalue weighted by atomic mass is 16.5. The minimum absolute atomic E-state index is 0.0281. The summed E-state index contributed by atoms with van der Waals surface area (Å²) >= 11 is 0. The van der Waals surface area contributed by atoms with Gasteiger partial charge in [-0.15, -0.1) is 0 Å². The number of aromatic amines is 1. The molecule has 2 amide bonds. The number of benzene rings is 2. The average Bonchev–Trinajstić information content (AvgIpc) is 3.21. The van der Waals surface area contributed by atoms with Crippen LogP contribution >= 0.6 is 0 Å². The van der Waals surface area contributed by atoms with Crippen LogP contribution in [-0.2, 0) is 4.79 Å². The molecule has 2 N–H and O–H groups in total. The van der Waals surface area contributed by atoms with Crippen molar-refractivity contribution in [1.82, 2.24) is 15.3 Å². The second-order valence-electron chi connectivity index (χ2n) is 8.10. The summed E-state index contributed by atoms with van der Waals surface area (Å²) < 4.78 is 5.45. The van der Waals surface area contributed by atoms with Crippen LogP contribution in [0.5, 0.6) is 5.75 Å². The molecule has 2 atom stereocenters. The van der Waals surface area contributed by atoms with Crippen LogP contribution < -0.4 is 15.0 Å². The van der Waals surface area contributed by atoms with Crippen LogP contribution in [0.2, 0.25) is 0 Å². The maximum Gasteiger partial charge on any atom is 0.264 e. The Bertz CT molecular complexity index is 1090. The molecule has 7 nitrogen and oxygen atoms in total. The van der Waals surface area contributed by atoms with Crippen molar-refractivity contribution in [2.24, 2.45) is 0 Å². The fourth-order valence-corrected chi connectivity index (χ4v) is 4.42. The molecule has 1 aliphatic carbocycles. The van der Waals surface area contributed by atoms with Gasteiger partial charge in [0.05, 0.1) is 16.7 Å². The summed E-state index contributed by atoms with van der Waals surface area (Å²) in [5.41, 5.74) is 3.19. The van der Waals surface area contributed by atoms with Crippen LogP contribution in [0.15, 0.2) is 42.5 Å². The van der Waals surface area contributed by atoms with E-state index in [2.05, 4.69) is 10.3 Å². The zero-order valence-electron chi connectivity index (χ0n) is 16.9. The van der Waals surface area contributed by atoms with Crippen LogP contribution in [-0.4, -0.2) is 41.5 Å². The monoisotopic (exact) mass is 404 g/mol. The maximum absolute atomic E-state index is 12.9. The Labute approximate surface area is 174 Å². The van der Waals surface area contributed by atoms with E-state index >= 15 is 0 Å². The fraction of sp³-hybridized carbons (Fsp3) is 0.348. The molecule has 154 valence electrons. The first-order valence-corrected chi connectivity index (χ1v) is 10.4. The Kier molecular flexibility index (Phi) is 4.65. The molecule has 1 fully saturated rings. The number of ether oxygens (including phenoxy) is 1. The van der Waals surface area contributed by atoms with Gasteiger partial charge in [0, 0.05) is 24.6 Å². The number of amides is 2. The number of nitrogens with zero attached hydrogens (tertiary/aromatic N) is 2. The van der Waals surface area contributed by atoms with Gasteiger partial charge in [-0.1, -0.05) is 18.6 Å². The number of hydrogen-bond donors (Lipinski definition) is 2. The summed E-state index contributed by atoms with van der Waals surface area (Å²) in [5.74, 6) is 1.68. The third-order valence-electron chi connectivity index (χ3n) is 6.11. The standard InChI is InChI=1S/C23H24N4O3/c1-27-19-12-15(9-10-20(19)30-13-21(27)28)23(29)24-16-6-4-5-14(11-16)22-25-17-7-2-3-8-18(17)26-22/h2-3,7-10,12,14,16H,4-6,11,13H2,1H3,(H,24,29)(H,25,26)/t14?,16-/m1/s1. The van der Waals surface area contributed by atoms with Gasteiger partial charge in [-0.2, -0.15) is 0 Å². The zero-order valence-corrected chi connectivity index (χ0v) is 16.9. The van der Waals surface area contributed by atoms with E-state index in [1.807, 2.05) is 24.3 Å². The van der Waals surface area contributed by atoms with E-state index < -0.39 is 0 Å². The molecule has 1 saturated carbocycles. The summed E-state index contributed by atoms with van der Waals surface area (Å²) in [7, 11) is 1.70. The fourth-order valence-electron chi connectivity index (χ4n) is 4.42. The molecule has 0 radical (unpaired) electrons. The molecule has 3 aromatic rings. The second-order valence-corrected chi connectivity index (χ2v) is 8.10. The lowest BCUT2D eigenvalue weighted by atomic mass is 9.85. The molecular weight excluding hydrogens is 380 g/mol. The Morgan fingerprint density at radius 1 is 1.23 bits per heavy atom. The van der Waals surface area contributed by atoms with Crippen molar-refractivity contribution in [2.45, 2.75) is 37.6 Å². The van der Waals surface area contributed by atoms with Crippen molar-refractivity contribution in [3.63, 3.8) is 0 Å². The topological polar surface area (TPSA) is 87.3 Å². The Balaban J connectivity index is 1.29. The van der Waals surface area contributed by atoms with Crippen molar-refractivity contribution in [3.05, 3.63) is 53.9 Å². The van der Waals surface area contributed by atoms with Gasteiger partial charge in [0.25, 0.3) is 11.8 Å². The molecule has 30 heavy (non-hydrogen) atoms. The number of nitrogens with one attached hydrogen (secondary N) is 2. The third-order valence-corrected chi connectivity index (χ3v) is 6.11. The zero-order chi connectivity index (χ0) is 20.7. The lowest BCUT2D eigenvalue weighted by Crippen LogP contribution is -2.39. The summed E-state index contributed by atoms with van der Waals surface area (Å²) in [4.78, 5) is 34.5. The molecule has 2 heterocycles. The first-order valence-electron chi connectivity index (χ1n) is 10.4. The number of rotatable bonds is 3. The van der Waals surface area contributed by atoms with Gasteiger partial charge in [0.2, 0.25) is 0 Å². The van der Waals surface area contributed by atoms with Gasteiger partial charge in [-0.25, -0.2) is 4.98 Å². The number of para-hydroxylation sites is 2. The Morgan fingerprint density at radius 3 is 2.97 bits per heavy atom. The molecule has 1 aromatic heterocycles. The number of H-pyrrole nitrogens is 1. The van der Waals surface area contributed by atoms with E-state index in [-0.39, 0.29) is 24.5 Å². The van der Waals surface area contributed by atoms with E-state index in [1.54, 1.807) is 25.2 Å². The van der Waals surface area contributed by atoms with Crippen molar-refractivity contribution in [3.8, 4) is 5.75 Å². The molecule has 0 bridgehead atoms. The van der Waals surface area contributed by atoms with Gasteiger partial charge >= 0.3 is 0 Å². The van der Waals surface area contributed by atoms with Gasteiger partial charge in [0.15, 0.2) is 6.61 Å². The molecule has 2 aliphatic rings. The van der Waals surface area contributed by atoms with Gasteiger partial charge in [-0.05, 0) is 49.6 Å². The minimum atomic E-state index is -0.125. The highest BCUT2D eigenvalue weighted by Gasteiger charge is 2.28. The van der Waals surface area contributed by atoms with Crippen LogP contribution in [0.1, 0.15) is 47.8 Å². The predicted octanol–water partition coefficient (Wildman–Crippen LogP) is 3.37. The van der Waals surface area contributed by atoms with Crippen LogP contribution in [0.25, 0.3) is 11.0 Å². The Hall–Kier alpha value is -3.35. The molecule has 0 saturated heterocycles. The van der Waals surface area contributed by atoms with Gasteiger partial charge < -0.3 is 19.9 Å². The van der Waals surface area contributed by atoms with Crippen molar-refractivity contribution in [2.75, 3.05) is 18.6 Å². The summed E-state index contributed by atoms with van der Waals surface area (Å²) in [6.45, 7) is 0.0281. The summed E-state index contributed by atoms with van der Waals surface area (Å²) in [5, 5.41) is 3.18. The number of carbonyl (C=O) groups is 2. The number of aromatic nitrogens is 2. The first-order chi connectivity index (χ1) is 14.6. The van der Waals surface area contributed by atoms with E-state index in [9.17, 15) is 9.59 Å². The SMILES string of the molecule is CN1C(=O)COc2ccc(C(=O)N[C@@H]3CCCC(c4nc5ccccc5[nH]4)C3)cc21. The van der Waals surface area contributed by atoms with Crippen LogP contribution in [0.3, 0.4) is 0 Å². The number of fused-ring (bicyclic) bond motifs is 2. The highest BCUT2D eigenvalue weighted by molar-refractivity contribution is 6.01. The highest BCUT2D eigenvalue weighted by Crippen LogP contribution is 2.34. The van der Waals surface area contributed by atoms with E-state index in [4.69, 9.17) is 9.72 Å². The van der Waals surface area contributed by atoms with Crippen LogP contribution in [0.4, 0.5) is 5.69 Å². The van der Waals surface area contributed by atoms with Crippen molar-refractivity contribution < 1.29 is 14.3 Å². The number of imidazole rings is 1. The smallest absolute Gasteiger partial charge is 0.264 e. The quantitative estimate of drug-likeness (QED) is 0.701. The predicted molar refractivity (Wildman–Crippen MR) is 114 cm³/mol. The molecule has 5 rings (SSSR count). The van der Waals surface area contributed by atoms with Crippen LogP contribution in [0, 0.1) is 0 Å². The molecule has 2 aromatic carbocycles. The second kappa shape index (κ2) is 7.48. The summed E-state index contributed by atoms with van der Waals surface area (Å²) in [6.07, 6.45) is 3.92. The number of carbonyl (C=O) groups excluding carboxylic acids is 2. The first kappa shape index (κ1) is 18.7. The molecular formula is C23H24N4O3. The van der Waals surface area contributed by atoms with Crippen molar-refractivity contribution in [1.29, 1.82) is 0 Å². The maximum atomic E-state index is 12.9. The number of anilines is 1. The Morgan fingerprint density at radius 2 is 2.10 bits per heavy atom. The van der Waals surface area contributed by atoms with E-state index in [1.165, 1.54) is 4.90 Å². The number of hydrogen-bond acceptors (Lipinski definition) is 4. The van der Waals surface area contributed by atoms with Crippen molar-refractivity contribution >= 4 is 28.5 Å². The minimum Gasteiger partial charge on any atom is -0.482 e. The molecule has 1 unspecified atom stereocenters. The number of likely N-dealkylation sites (N-methyl/N-ethyl adjacent to an activating group) is 1.